The zero-order chi connectivity index (χ0) is 21.1. The number of nitrogens with one attached hydrogen (secondary N) is 1. The number of para-hydroxylation sites is 1. The van der Waals surface area contributed by atoms with Crippen molar-refractivity contribution in [2.45, 2.75) is 20.5 Å². The number of benzene rings is 3. The smallest absolute Gasteiger partial charge is 0.259 e. The average Bonchev–Trinajstić information content (AvgIpc) is 3.22. The van der Waals surface area contributed by atoms with Crippen LogP contribution in [0.25, 0.3) is 16.9 Å². The summed E-state index contributed by atoms with van der Waals surface area (Å²) in [5.41, 5.74) is 6.57. The molecule has 0 aliphatic rings. The molecule has 5 heteroatoms. The monoisotopic (exact) mass is 397 g/mol. The van der Waals surface area contributed by atoms with E-state index in [1.54, 1.807) is 29.1 Å². The van der Waals surface area contributed by atoms with Gasteiger partial charge in [0.1, 0.15) is 5.69 Å². The third kappa shape index (κ3) is 4.02. The van der Waals surface area contributed by atoms with Gasteiger partial charge in [0.2, 0.25) is 0 Å². The van der Waals surface area contributed by atoms with Gasteiger partial charge in [0.05, 0.1) is 17.9 Å². The Hall–Kier alpha value is -3.70. The molecular weight excluding hydrogens is 374 g/mol. The predicted molar refractivity (Wildman–Crippen MR) is 119 cm³/mol. The molecule has 4 rings (SSSR count). The second kappa shape index (κ2) is 8.35. The highest BCUT2D eigenvalue weighted by molar-refractivity contribution is 6.08. The number of aliphatic hydroxyl groups is 1. The summed E-state index contributed by atoms with van der Waals surface area (Å²) in [5, 5.41) is 17.0. The van der Waals surface area contributed by atoms with Crippen molar-refractivity contribution in [1.82, 2.24) is 9.78 Å². The van der Waals surface area contributed by atoms with Crippen LogP contribution in [0.1, 0.15) is 27.0 Å². The molecule has 0 saturated heterocycles. The lowest BCUT2D eigenvalue weighted by Crippen LogP contribution is -2.12. The number of carbonyl (C=O) groups is 1. The van der Waals surface area contributed by atoms with Gasteiger partial charge >= 0.3 is 0 Å². The molecule has 0 aliphatic carbocycles. The summed E-state index contributed by atoms with van der Waals surface area (Å²) in [5.74, 6) is -0.250. The Morgan fingerprint density at radius 3 is 2.50 bits per heavy atom. The molecule has 30 heavy (non-hydrogen) atoms. The van der Waals surface area contributed by atoms with Crippen molar-refractivity contribution in [1.29, 1.82) is 0 Å². The molecule has 0 spiro atoms. The van der Waals surface area contributed by atoms with Gasteiger partial charge in [-0.1, -0.05) is 42.5 Å². The molecule has 0 fully saturated rings. The van der Waals surface area contributed by atoms with E-state index in [9.17, 15) is 9.90 Å². The predicted octanol–water partition coefficient (Wildman–Crippen LogP) is 4.90. The summed E-state index contributed by atoms with van der Waals surface area (Å²) in [6, 6.07) is 23.0. The topological polar surface area (TPSA) is 67.2 Å². The van der Waals surface area contributed by atoms with Gasteiger partial charge in [-0.05, 0) is 60.9 Å². The number of hydrogen-bond acceptors (Lipinski definition) is 3. The van der Waals surface area contributed by atoms with Crippen molar-refractivity contribution in [2.75, 3.05) is 5.32 Å². The number of aryl methyl sites for hydroxylation is 2. The molecule has 150 valence electrons. The summed E-state index contributed by atoms with van der Waals surface area (Å²) in [4.78, 5) is 13.2. The van der Waals surface area contributed by atoms with E-state index in [0.717, 1.165) is 22.4 Å². The molecule has 0 aliphatic heterocycles. The van der Waals surface area contributed by atoms with E-state index in [1.807, 2.05) is 55.5 Å². The van der Waals surface area contributed by atoms with Crippen molar-refractivity contribution >= 4 is 11.6 Å². The lowest BCUT2D eigenvalue weighted by Gasteiger charge is -2.08. The van der Waals surface area contributed by atoms with Gasteiger partial charge in [-0.15, -0.1) is 0 Å². The number of hydrogen-bond donors (Lipinski definition) is 2. The molecule has 3 aromatic carbocycles. The van der Waals surface area contributed by atoms with Crippen molar-refractivity contribution < 1.29 is 9.90 Å². The van der Waals surface area contributed by atoms with E-state index in [2.05, 4.69) is 18.3 Å². The molecule has 0 radical (unpaired) electrons. The minimum Gasteiger partial charge on any atom is -0.392 e. The van der Waals surface area contributed by atoms with Crippen LogP contribution in [0, 0.1) is 13.8 Å². The van der Waals surface area contributed by atoms with E-state index in [4.69, 9.17) is 5.10 Å². The highest BCUT2D eigenvalue weighted by Crippen LogP contribution is 2.27. The van der Waals surface area contributed by atoms with E-state index < -0.39 is 0 Å². The van der Waals surface area contributed by atoms with Gasteiger partial charge < -0.3 is 10.4 Å². The quantitative estimate of drug-likeness (QED) is 0.503. The fraction of sp³-hybridized carbons (Fsp3) is 0.120. The molecule has 0 saturated carbocycles. The third-order valence-electron chi connectivity index (χ3n) is 5.13. The first-order valence-electron chi connectivity index (χ1n) is 9.79. The Morgan fingerprint density at radius 1 is 0.967 bits per heavy atom. The maximum atomic E-state index is 13.2. The molecule has 2 N–H and O–H groups in total. The first kappa shape index (κ1) is 19.6. The van der Waals surface area contributed by atoms with Gasteiger partial charge in [0, 0.05) is 17.4 Å². The van der Waals surface area contributed by atoms with Gasteiger partial charge in [0.15, 0.2) is 0 Å². The normalized spacial score (nSPS) is 10.8. The third-order valence-corrected chi connectivity index (χ3v) is 5.13. The number of carbonyl (C=O) groups excluding carboxylic acids is 1. The van der Waals surface area contributed by atoms with Gasteiger partial charge in [-0.3, -0.25) is 4.79 Å². The Labute approximate surface area is 175 Å². The van der Waals surface area contributed by atoms with Crippen molar-refractivity contribution in [3.8, 4) is 16.9 Å². The molecule has 5 nitrogen and oxygen atoms in total. The summed E-state index contributed by atoms with van der Waals surface area (Å²) in [6.45, 7) is 4.03. The molecule has 0 unspecified atom stereocenters. The standard InChI is InChI=1S/C25H23N3O2/c1-17-11-12-20(13-18(17)2)24-23(15-28(27-24)22-9-4-3-5-10-22)25(30)26-21-8-6-7-19(14-21)16-29/h3-15,29H,16H2,1-2H3,(H,26,30). The van der Waals surface area contributed by atoms with Crippen LogP contribution in [0.3, 0.4) is 0 Å². The summed E-state index contributed by atoms with van der Waals surface area (Å²) in [7, 11) is 0. The minimum absolute atomic E-state index is 0.0798. The fourth-order valence-corrected chi connectivity index (χ4v) is 3.30. The molecule has 1 heterocycles. The van der Waals surface area contributed by atoms with Crippen molar-refractivity contribution in [2.24, 2.45) is 0 Å². The van der Waals surface area contributed by atoms with E-state index >= 15 is 0 Å². The van der Waals surface area contributed by atoms with Crippen LogP contribution in [-0.2, 0) is 6.61 Å². The maximum absolute atomic E-state index is 13.2. The zero-order valence-corrected chi connectivity index (χ0v) is 17.0. The molecule has 1 amide bonds. The van der Waals surface area contributed by atoms with Crippen LogP contribution >= 0.6 is 0 Å². The SMILES string of the molecule is Cc1ccc(-c2nn(-c3ccccc3)cc2C(=O)Nc2cccc(CO)c2)cc1C. The van der Waals surface area contributed by atoms with Crippen LogP contribution < -0.4 is 5.32 Å². The Balaban J connectivity index is 1.77. The second-order valence-electron chi connectivity index (χ2n) is 7.28. The highest BCUT2D eigenvalue weighted by atomic mass is 16.3. The Bertz CT molecular complexity index is 1200. The number of amides is 1. The van der Waals surface area contributed by atoms with E-state index in [1.165, 1.54) is 5.56 Å². The number of aromatic nitrogens is 2. The molecule has 0 bridgehead atoms. The van der Waals surface area contributed by atoms with Crippen molar-refractivity contribution in [3.63, 3.8) is 0 Å². The van der Waals surface area contributed by atoms with Gasteiger partial charge in [-0.2, -0.15) is 5.10 Å². The van der Waals surface area contributed by atoms with Gasteiger partial charge in [0.25, 0.3) is 5.91 Å². The lowest BCUT2D eigenvalue weighted by molar-refractivity contribution is 0.102. The van der Waals surface area contributed by atoms with E-state index in [0.29, 0.717) is 16.9 Å². The highest BCUT2D eigenvalue weighted by Gasteiger charge is 2.19. The van der Waals surface area contributed by atoms with E-state index in [-0.39, 0.29) is 12.5 Å². The molecule has 1 aromatic heterocycles. The second-order valence-corrected chi connectivity index (χ2v) is 7.28. The van der Waals surface area contributed by atoms with Crippen LogP contribution in [0.5, 0.6) is 0 Å². The Morgan fingerprint density at radius 2 is 1.77 bits per heavy atom. The zero-order valence-electron chi connectivity index (χ0n) is 17.0. The molecular formula is C25H23N3O2. The maximum Gasteiger partial charge on any atom is 0.259 e. The first-order valence-corrected chi connectivity index (χ1v) is 9.79. The number of anilines is 1. The van der Waals surface area contributed by atoms with Crippen LogP contribution in [-0.4, -0.2) is 20.8 Å². The minimum atomic E-state index is -0.250. The number of rotatable bonds is 5. The largest absolute Gasteiger partial charge is 0.392 e. The van der Waals surface area contributed by atoms with Gasteiger partial charge in [-0.25, -0.2) is 4.68 Å². The molecule has 4 aromatic rings. The summed E-state index contributed by atoms with van der Waals surface area (Å²) >= 11 is 0. The molecule has 0 atom stereocenters. The van der Waals surface area contributed by atoms with Crippen LogP contribution in [0.4, 0.5) is 5.69 Å². The Kier molecular flexibility index (Phi) is 5.46. The lowest BCUT2D eigenvalue weighted by atomic mass is 10.0. The summed E-state index contributed by atoms with van der Waals surface area (Å²) < 4.78 is 1.73. The van der Waals surface area contributed by atoms with Crippen LogP contribution in [0.2, 0.25) is 0 Å². The number of nitrogens with zero attached hydrogens (tertiary/aromatic N) is 2. The first-order chi connectivity index (χ1) is 14.5. The van der Waals surface area contributed by atoms with Crippen LogP contribution in [0.15, 0.2) is 79.0 Å². The number of aliphatic hydroxyl groups excluding tert-OH is 1. The average molecular weight is 397 g/mol. The summed E-state index contributed by atoms with van der Waals surface area (Å²) in [6.07, 6.45) is 1.76. The fourth-order valence-electron chi connectivity index (χ4n) is 3.30. The van der Waals surface area contributed by atoms with Crippen molar-refractivity contribution in [3.05, 3.63) is 101 Å².